The first kappa shape index (κ1) is 21.1. The summed E-state index contributed by atoms with van der Waals surface area (Å²) in [5.41, 5.74) is 0.996. The second-order valence-corrected chi connectivity index (χ2v) is 8.37. The van der Waals surface area contributed by atoms with Crippen LogP contribution in [0.5, 0.6) is 0 Å². The van der Waals surface area contributed by atoms with Crippen molar-refractivity contribution >= 4 is 28.3 Å². The highest BCUT2D eigenvalue weighted by Crippen LogP contribution is 2.23. The maximum absolute atomic E-state index is 13.2. The van der Waals surface area contributed by atoms with Crippen LogP contribution in [0.3, 0.4) is 0 Å². The van der Waals surface area contributed by atoms with Gasteiger partial charge in [-0.25, -0.2) is 4.98 Å². The molecule has 0 fully saturated rings. The van der Waals surface area contributed by atoms with Gasteiger partial charge in [-0.1, -0.05) is 51.1 Å². The molecular formula is C21H29N3O2S. The molecular weight excluding hydrogens is 358 g/mol. The van der Waals surface area contributed by atoms with E-state index in [2.05, 4.69) is 24.1 Å². The number of amides is 2. The topological polar surface area (TPSA) is 62.3 Å². The molecule has 1 heterocycles. The first-order valence-electron chi connectivity index (χ1n) is 9.46. The molecule has 1 aromatic heterocycles. The highest BCUT2D eigenvalue weighted by Gasteiger charge is 2.26. The molecule has 0 aliphatic heterocycles. The fraction of sp³-hybridized carbons (Fsp3) is 0.476. The lowest BCUT2D eigenvalue weighted by atomic mass is 9.94. The molecule has 1 atom stereocenters. The summed E-state index contributed by atoms with van der Waals surface area (Å²) >= 11 is 1.43. The molecule has 0 spiro atoms. The van der Waals surface area contributed by atoms with Gasteiger partial charge in [0, 0.05) is 17.6 Å². The van der Waals surface area contributed by atoms with Crippen LogP contribution in [0.1, 0.15) is 50.0 Å². The van der Waals surface area contributed by atoms with Gasteiger partial charge < -0.3 is 10.2 Å². The van der Waals surface area contributed by atoms with E-state index in [0.29, 0.717) is 24.0 Å². The van der Waals surface area contributed by atoms with Gasteiger partial charge in [-0.3, -0.25) is 9.59 Å². The number of rotatable bonds is 9. The Labute approximate surface area is 165 Å². The van der Waals surface area contributed by atoms with Crippen LogP contribution in [0, 0.1) is 12.8 Å². The Morgan fingerprint density at radius 3 is 2.48 bits per heavy atom. The van der Waals surface area contributed by atoms with Gasteiger partial charge in [0.05, 0.1) is 12.5 Å². The molecule has 5 nitrogen and oxygen atoms in total. The Morgan fingerprint density at radius 2 is 1.93 bits per heavy atom. The van der Waals surface area contributed by atoms with Crippen molar-refractivity contribution in [3.05, 3.63) is 47.0 Å². The third kappa shape index (κ3) is 6.47. The van der Waals surface area contributed by atoms with Crippen molar-refractivity contribution in [2.45, 2.75) is 46.5 Å². The molecule has 0 unspecified atom stereocenters. The molecule has 146 valence electrons. The van der Waals surface area contributed by atoms with Gasteiger partial charge in [-0.05, 0) is 31.2 Å². The van der Waals surface area contributed by atoms with Gasteiger partial charge in [-0.2, -0.15) is 0 Å². The molecule has 0 radical (unpaired) electrons. The van der Waals surface area contributed by atoms with Crippen LogP contribution in [0.15, 0.2) is 36.5 Å². The minimum absolute atomic E-state index is 0.00909. The molecule has 1 N–H and O–H groups in total. The maximum atomic E-state index is 13.2. The molecule has 0 aliphatic carbocycles. The average molecular weight is 388 g/mol. The monoisotopic (exact) mass is 387 g/mol. The van der Waals surface area contributed by atoms with E-state index in [1.807, 2.05) is 44.2 Å². The number of nitrogens with zero attached hydrogens (tertiary/aromatic N) is 2. The van der Waals surface area contributed by atoms with Crippen LogP contribution in [0.2, 0.25) is 0 Å². The number of aromatic nitrogens is 1. The van der Waals surface area contributed by atoms with Crippen LogP contribution in [0.4, 0.5) is 5.13 Å². The van der Waals surface area contributed by atoms with E-state index in [-0.39, 0.29) is 24.3 Å². The Morgan fingerprint density at radius 1 is 1.22 bits per heavy atom. The molecule has 2 aromatic rings. The van der Waals surface area contributed by atoms with Crippen molar-refractivity contribution in [3.63, 3.8) is 0 Å². The second kappa shape index (κ2) is 10.2. The zero-order chi connectivity index (χ0) is 19.8. The van der Waals surface area contributed by atoms with Crippen molar-refractivity contribution in [3.8, 4) is 0 Å². The second-order valence-electron chi connectivity index (χ2n) is 7.14. The predicted molar refractivity (Wildman–Crippen MR) is 111 cm³/mol. The van der Waals surface area contributed by atoms with E-state index in [0.717, 1.165) is 16.9 Å². The fourth-order valence-electron chi connectivity index (χ4n) is 2.88. The molecule has 2 amide bonds. The van der Waals surface area contributed by atoms with Crippen molar-refractivity contribution < 1.29 is 9.59 Å². The average Bonchev–Trinajstić information content (AvgIpc) is 3.04. The lowest BCUT2D eigenvalue weighted by Gasteiger charge is -2.27. The number of aryl methyl sites for hydroxylation is 1. The largest absolute Gasteiger partial charge is 0.333 e. The third-order valence-corrected chi connectivity index (χ3v) is 5.23. The van der Waals surface area contributed by atoms with Crippen LogP contribution in [-0.4, -0.2) is 34.8 Å². The number of nitrogens with one attached hydrogen (secondary N) is 1. The minimum atomic E-state index is -0.228. The van der Waals surface area contributed by atoms with E-state index in [9.17, 15) is 9.59 Å². The third-order valence-electron chi connectivity index (χ3n) is 4.40. The zero-order valence-corrected chi connectivity index (χ0v) is 17.4. The Hall–Kier alpha value is -2.21. The summed E-state index contributed by atoms with van der Waals surface area (Å²) in [6, 6.07) is 9.79. The lowest BCUT2D eigenvalue weighted by Crippen LogP contribution is -2.41. The van der Waals surface area contributed by atoms with Crippen molar-refractivity contribution in [1.82, 2.24) is 9.88 Å². The maximum Gasteiger partial charge on any atom is 0.245 e. The Kier molecular flexibility index (Phi) is 7.98. The molecule has 6 heteroatoms. The Bertz CT molecular complexity index is 743. The van der Waals surface area contributed by atoms with Crippen molar-refractivity contribution in [1.29, 1.82) is 0 Å². The Balaban J connectivity index is 2.11. The van der Waals surface area contributed by atoms with Crippen LogP contribution < -0.4 is 5.32 Å². The summed E-state index contributed by atoms with van der Waals surface area (Å²) in [6.45, 7) is 8.81. The normalized spacial score (nSPS) is 12.0. The highest BCUT2D eigenvalue weighted by atomic mass is 32.1. The molecule has 0 saturated carbocycles. The molecule has 27 heavy (non-hydrogen) atoms. The number of anilines is 1. The van der Waals surface area contributed by atoms with Gasteiger partial charge in [0.25, 0.3) is 0 Å². The van der Waals surface area contributed by atoms with Gasteiger partial charge >= 0.3 is 0 Å². The summed E-state index contributed by atoms with van der Waals surface area (Å²) in [6.07, 6.45) is 3.29. The van der Waals surface area contributed by atoms with Gasteiger partial charge in [0.2, 0.25) is 11.8 Å². The summed E-state index contributed by atoms with van der Waals surface area (Å²) in [4.78, 5) is 32.6. The van der Waals surface area contributed by atoms with E-state index < -0.39 is 0 Å². The number of hydrogen-bond donors (Lipinski definition) is 1. The summed E-state index contributed by atoms with van der Waals surface area (Å²) in [7, 11) is 0. The molecule has 1 aromatic carbocycles. The molecule has 0 aliphatic rings. The first-order valence-corrected chi connectivity index (χ1v) is 10.3. The van der Waals surface area contributed by atoms with Crippen LogP contribution in [-0.2, 0) is 9.59 Å². The van der Waals surface area contributed by atoms with Gasteiger partial charge in [-0.15, -0.1) is 11.3 Å². The first-order chi connectivity index (χ1) is 12.9. The number of hydrogen-bond acceptors (Lipinski definition) is 4. The highest BCUT2D eigenvalue weighted by molar-refractivity contribution is 7.15. The van der Waals surface area contributed by atoms with E-state index in [1.165, 1.54) is 11.3 Å². The SMILES string of the molecule is CC[C@@H](C(=O)N(CCC(C)C)CC(=O)Nc1ncc(C)s1)c1ccccc1. The standard InChI is InChI=1S/C21H29N3O2S/c1-5-18(17-9-7-6-8-10-17)20(26)24(12-11-15(2)3)14-19(25)23-21-22-13-16(4)27-21/h6-10,13,15,18H,5,11-12,14H2,1-4H3,(H,22,23,25)/t18-/m1/s1. The van der Waals surface area contributed by atoms with Gasteiger partial charge in [0.1, 0.15) is 0 Å². The number of carbonyl (C=O) groups excluding carboxylic acids is 2. The van der Waals surface area contributed by atoms with Crippen molar-refractivity contribution in [2.24, 2.45) is 5.92 Å². The number of benzene rings is 1. The van der Waals surface area contributed by atoms with E-state index in [4.69, 9.17) is 0 Å². The van der Waals surface area contributed by atoms with Gasteiger partial charge in [0.15, 0.2) is 5.13 Å². The molecule has 0 saturated heterocycles. The molecule has 2 rings (SSSR count). The van der Waals surface area contributed by atoms with Crippen LogP contribution >= 0.6 is 11.3 Å². The number of thiazole rings is 1. The van der Waals surface area contributed by atoms with Crippen LogP contribution in [0.25, 0.3) is 0 Å². The summed E-state index contributed by atoms with van der Waals surface area (Å²) in [5, 5.41) is 3.38. The molecule has 0 bridgehead atoms. The number of carbonyl (C=O) groups is 2. The summed E-state index contributed by atoms with van der Waals surface area (Å²) < 4.78 is 0. The van der Waals surface area contributed by atoms with E-state index in [1.54, 1.807) is 11.1 Å². The smallest absolute Gasteiger partial charge is 0.245 e. The van der Waals surface area contributed by atoms with E-state index >= 15 is 0 Å². The fourth-order valence-corrected chi connectivity index (χ4v) is 3.57. The zero-order valence-electron chi connectivity index (χ0n) is 16.6. The minimum Gasteiger partial charge on any atom is -0.333 e. The lowest BCUT2D eigenvalue weighted by molar-refractivity contribution is -0.136. The predicted octanol–water partition coefficient (Wildman–Crippen LogP) is 4.46. The van der Waals surface area contributed by atoms with Crippen molar-refractivity contribution in [2.75, 3.05) is 18.4 Å². The summed E-state index contributed by atoms with van der Waals surface area (Å²) in [5.74, 6) is 0.0363. The quantitative estimate of drug-likeness (QED) is 0.691.